The Bertz CT molecular complexity index is 316. The number of rotatable bonds is 2. The van der Waals surface area contributed by atoms with Crippen LogP contribution in [0.15, 0.2) is 12.4 Å². The van der Waals surface area contributed by atoms with Crippen molar-refractivity contribution in [1.82, 2.24) is 14.9 Å². The maximum Gasteiger partial charge on any atom is 0.0730 e. The van der Waals surface area contributed by atoms with Gasteiger partial charge in [0.2, 0.25) is 0 Å². The lowest BCUT2D eigenvalue weighted by Crippen LogP contribution is -2.22. The van der Waals surface area contributed by atoms with E-state index in [1.165, 1.54) is 0 Å². The van der Waals surface area contributed by atoms with Crippen LogP contribution in [0.4, 0.5) is 0 Å². The molecule has 2 heterocycles. The highest BCUT2D eigenvalue weighted by molar-refractivity contribution is 5.01. The molecule has 14 heavy (non-hydrogen) atoms. The Labute approximate surface area is 83.6 Å². The van der Waals surface area contributed by atoms with Crippen molar-refractivity contribution in [2.45, 2.75) is 26.0 Å². The molecule has 1 aliphatic rings. The van der Waals surface area contributed by atoms with Gasteiger partial charge in [0.15, 0.2) is 0 Å². The molecular weight excluding hydrogens is 178 g/mol. The van der Waals surface area contributed by atoms with Crippen LogP contribution in [0.5, 0.6) is 0 Å². The number of aliphatic hydroxyl groups excluding tert-OH is 1. The summed E-state index contributed by atoms with van der Waals surface area (Å²) in [6.07, 6.45) is 4.26. The van der Waals surface area contributed by atoms with Gasteiger partial charge in [-0.2, -0.15) is 0 Å². The standard InChI is InChI=1S/C10H15N3O/c1-8-4-11-5-9(12-8)6-13-3-2-10(14)7-13/h4-5,10,14H,2-3,6-7H2,1H3. The fraction of sp³-hybridized carbons (Fsp3) is 0.600. The zero-order valence-electron chi connectivity index (χ0n) is 8.35. The zero-order valence-corrected chi connectivity index (χ0v) is 8.35. The summed E-state index contributed by atoms with van der Waals surface area (Å²) < 4.78 is 0. The van der Waals surface area contributed by atoms with Gasteiger partial charge in [-0.05, 0) is 13.3 Å². The van der Waals surface area contributed by atoms with Crippen LogP contribution in [-0.4, -0.2) is 39.2 Å². The van der Waals surface area contributed by atoms with E-state index in [2.05, 4.69) is 14.9 Å². The normalized spacial score (nSPS) is 22.9. The summed E-state index contributed by atoms with van der Waals surface area (Å²) in [5.41, 5.74) is 1.93. The molecule has 1 atom stereocenters. The Morgan fingerprint density at radius 3 is 3.07 bits per heavy atom. The highest BCUT2D eigenvalue weighted by Gasteiger charge is 2.20. The van der Waals surface area contributed by atoms with Gasteiger partial charge >= 0.3 is 0 Å². The van der Waals surface area contributed by atoms with Gasteiger partial charge in [-0.15, -0.1) is 0 Å². The molecule has 0 spiro atoms. The summed E-state index contributed by atoms with van der Waals surface area (Å²) >= 11 is 0. The number of aryl methyl sites for hydroxylation is 1. The molecular formula is C10H15N3O. The summed E-state index contributed by atoms with van der Waals surface area (Å²) in [6.45, 7) is 4.45. The average Bonchev–Trinajstić information content (AvgIpc) is 2.51. The number of aliphatic hydroxyl groups is 1. The molecule has 0 aliphatic carbocycles. The second-order valence-electron chi connectivity index (χ2n) is 3.83. The van der Waals surface area contributed by atoms with Crippen molar-refractivity contribution in [3.63, 3.8) is 0 Å². The van der Waals surface area contributed by atoms with Crippen LogP contribution in [0.2, 0.25) is 0 Å². The van der Waals surface area contributed by atoms with Crippen molar-refractivity contribution in [2.75, 3.05) is 13.1 Å². The van der Waals surface area contributed by atoms with E-state index in [-0.39, 0.29) is 6.10 Å². The van der Waals surface area contributed by atoms with Crippen LogP contribution in [-0.2, 0) is 6.54 Å². The number of hydrogen-bond donors (Lipinski definition) is 1. The Hall–Kier alpha value is -1.00. The minimum absolute atomic E-state index is 0.159. The first kappa shape index (κ1) is 9.55. The predicted octanol–water partition coefficient (Wildman–Crippen LogP) is 0.352. The van der Waals surface area contributed by atoms with Crippen LogP contribution in [0.1, 0.15) is 17.8 Å². The molecule has 0 bridgehead atoms. The zero-order chi connectivity index (χ0) is 9.97. The number of nitrogens with zero attached hydrogens (tertiary/aromatic N) is 3. The SMILES string of the molecule is Cc1cncc(CN2CCC(O)C2)n1. The topological polar surface area (TPSA) is 49.2 Å². The van der Waals surface area contributed by atoms with Gasteiger partial charge in [-0.3, -0.25) is 14.9 Å². The summed E-state index contributed by atoms with van der Waals surface area (Å²) in [6, 6.07) is 0. The molecule has 0 aromatic carbocycles. The Kier molecular flexibility index (Phi) is 2.74. The summed E-state index contributed by atoms with van der Waals surface area (Å²) in [5, 5.41) is 9.35. The third kappa shape index (κ3) is 2.27. The highest BCUT2D eigenvalue weighted by atomic mass is 16.3. The van der Waals surface area contributed by atoms with E-state index in [1.807, 2.05) is 6.92 Å². The van der Waals surface area contributed by atoms with Crippen molar-refractivity contribution in [2.24, 2.45) is 0 Å². The molecule has 4 heteroatoms. The van der Waals surface area contributed by atoms with Gasteiger partial charge in [0.25, 0.3) is 0 Å². The van der Waals surface area contributed by atoms with Gasteiger partial charge in [0.1, 0.15) is 0 Å². The monoisotopic (exact) mass is 193 g/mol. The largest absolute Gasteiger partial charge is 0.392 e. The van der Waals surface area contributed by atoms with Crippen LogP contribution in [0.3, 0.4) is 0 Å². The fourth-order valence-electron chi connectivity index (χ4n) is 1.78. The Balaban J connectivity index is 1.97. The molecule has 1 aliphatic heterocycles. The number of likely N-dealkylation sites (tertiary alicyclic amines) is 1. The highest BCUT2D eigenvalue weighted by Crippen LogP contribution is 2.11. The molecule has 1 fully saturated rings. The Morgan fingerprint density at radius 2 is 2.43 bits per heavy atom. The van der Waals surface area contributed by atoms with Crippen LogP contribution >= 0.6 is 0 Å². The number of β-amino-alcohol motifs (C(OH)–C–C–N with tert-alkyl or cyclic N) is 1. The van der Waals surface area contributed by atoms with E-state index in [4.69, 9.17) is 0 Å². The number of aromatic nitrogens is 2. The molecule has 0 radical (unpaired) electrons. The first-order valence-corrected chi connectivity index (χ1v) is 4.92. The van der Waals surface area contributed by atoms with Crippen molar-refractivity contribution >= 4 is 0 Å². The van der Waals surface area contributed by atoms with E-state index in [0.717, 1.165) is 37.4 Å². The minimum Gasteiger partial charge on any atom is -0.392 e. The second kappa shape index (κ2) is 4.02. The summed E-state index contributed by atoms with van der Waals surface area (Å²) in [7, 11) is 0. The van der Waals surface area contributed by atoms with Gasteiger partial charge in [0.05, 0.1) is 17.5 Å². The van der Waals surface area contributed by atoms with Gasteiger partial charge in [-0.25, -0.2) is 0 Å². The van der Waals surface area contributed by atoms with Gasteiger partial charge in [0, 0.05) is 32.0 Å². The predicted molar refractivity (Wildman–Crippen MR) is 52.7 cm³/mol. The first-order chi connectivity index (χ1) is 6.74. The van der Waals surface area contributed by atoms with Crippen molar-refractivity contribution < 1.29 is 5.11 Å². The molecule has 1 N–H and O–H groups in total. The average molecular weight is 193 g/mol. The lowest BCUT2D eigenvalue weighted by molar-refractivity contribution is 0.174. The lowest BCUT2D eigenvalue weighted by Gasteiger charge is -2.13. The summed E-state index contributed by atoms with van der Waals surface area (Å²) in [4.78, 5) is 10.7. The van der Waals surface area contributed by atoms with Gasteiger partial charge < -0.3 is 5.11 Å². The van der Waals surface area contributed by atoms with E-state index in [9.17, 15) is 5.11 Å². The van der Waals surface area contributed by atoms with E-state index in [1.54, 1.807) is 12.4 Å². The van der Waals surface area contributed by atoms with Crippen molar-refractivity contribution in [3.05, 3.63) is 23.8 Å². The Morgan fingerprint density at radius 1 is 1.57 bits per heavy atom. The van der Waals surface area contributed by atoms with Crippen molar-refractivity contribution in [1.29, 1.82) is 0 Å². The van der Waals surface area contributed by atoms with Crippen LogP contribution < -0.4 is 0 Å². The maximum atomic E-state index is 9.35. The molecule has 1 aromatic heterocycles. The van der Waals surface area contributed by atoms with Crippen molar-refractivity contribution in [3.8, 4) is 0 Å². The molecule has 1 aromatic rings. The molecule has 4 nitrogen and oxygen atoms in total. The van der Waals surface area contributed by atoms with E-state index < -0.39 is 0 Å². The van der Waals surface area contributed by atoms with Crippen LogP contribution in [0, 0.1) is 6.92 Å². The minimum atomic E-state index is -0.159. The number of hydrogen-bond acceptors (Lipinski definition) is 4. The quantitative estimate of drug-likeness (QED) is 0.736. The van der Waals surface area contributed by atoms with Crippen LogP contribution in [0.25, 0.3) is 0 Å². The van der Waals surface area contributed by atoms with Gasteiger partial charge in [-0.1, -0.05) is 0 Å². The lowest BCUT2D eigenvalue weighted by atomic mass is 10.3. The van der Waals surface area contributed by atoms with E-state index in [0.29, 0.717) is 0 Å². The molecule has 0 saturated carbocycles. The molecule has 76 valence electrons. The second-order valence-corrected chi connectivity index (χ2v) is 3.83. The third-order valence-corrected chi connectivity index (χ3v) is 2.44. The smallest absolute Gasteiger partial charge is 0.0730 e. The first-order valence-electron chi connectivity index (χ1n) is 4.92. The molecule has 1 saturated heterocycles. The molecule has 0 amide bonds. The fourth-order valence-corrected chi connectivity index (χ4v) is 1.78. The molecule has 2 rings (SSSR count). The molecule has 1 unspecified atom stereocenters. The summed E-state index contributed by atoms with van der Waals surface area (Å²) in [5.74, 6) is 0. The van der Waals surface area contributed by atoms with E-state index >= 15 is 0 Å². The maximum absolute atomic E-state index is 9.35. The third-order valence-electron chi connectivity index (χ3n) is 2.44.